The summed E-state index contributed by atoms with van der Waals surface area (Å²) >= 11 is 0. The highest BCUT2D eigenvalue weighted by atomic mass is 31.0. The minimum absolute atomic E-state index is 0.125. The van der Waals surface area contributed by atoms with Crippen LogP contribution in [-0.2, 0) is 9.32 Å². The minimum Gasteiger partial charge on any atom is -0.357 e. The van der Waals surface area contributed by atoms with E-state index in [0.29, 0.717) is 11.3 Å². The number of carbonyl (C=O) groups excluding carboxylic acids is 1. The van der Waals surface area contributed by atoms with Crippen LogP contribution in [0.2, 0.25) is 0 Å². The van der Waals surface area contributed by atoms with Gasteiger partial charge in [-0.15, -0.1) is 0 Å². The Labute approximate surface area is 162 Å². The van der Waals surface area contributed by atoms with Gasteiger partial charge in [0.15, 0.2) is 0 Å². The van der Waals surface area contributed by atoms with Crippen molar-refractivity contribution in [3.05, 3.63) is 12.2 Å². The van der Waals surface area contributed by atoms with Crippen LogP contribution in [0.1, 0.15) is 65.7 Å². The smallest absolute Gasteiger partial charge is 0.231 e. The summed E-state index contributed by atoms with van der Waals surface area (Å²) in [5.41, 5.74) is 0.165. The maximum Gasteiger partial charge on any atom is 0.231 e. The molecule has 148 valence electrons. The molecule has 0 spiro atoms. The van der Waals surface area contributed by atoms with Gasteiger partial charge in [-0.3, -0.25) is 4.79 Å². The van der Waals surface area contributed by atoms with Gasteiger partial charge in [0.1, 0.15) is 0 Å². The van der Waals surface area contributed by atoms with E-state index in [1.165, 1.54) is 32.1 Å². The maximum absolute atomic E-state index is 12.6. The van der Waals surface area contributed by atoms with Crippen molar-refractivity contribution in [2.75, 3.05) is 14.1 Å². The van der Waals surface area contributed by atoms with Crippen LogP contribution in [0.15, 0.2) is 12.2 Å². The van der Waals surface area contributed by atoms with Crippen LogP contribution in [0.5, 0.6) is 0 Å². The molecule has 3 rings (SSSR count). The van der Waals surface area contributed by atoms with E-state index in [4.69, 9.17) is 4.52 Å². The van der Waals surface area contributed by atoms with Gasteiger partial charge in [-0.2, -0.15) is 0 Å². The zero-order valence-electron chi connectivity index (χ0n) is 17.3. The van der Waals surface area contributed by atoms with E-state index in [1.807, 2.05) is 14.1 Å². The molecule has 0 saturated heterocycles. The number of hydrogen-bond acceptors (Lipinski definition) is 2. The van der Waals surface area contributed by atoms with Gasteiger partial charge in [0.25, 0.3) is 0 Å². The fraction of sp³-hybridized carbons (Fsp3) is 0.864. The standard InChI is InChI=1S/C22H38NO2P/c1-15-7-6-12-21(3)17(15)9-10-18(21)16(2)8-11-19(25-26)22(13-14-22)20(24)23(4)5/h8,11,15-19H,6-7,9-10,12-14,26H2,1-5H3/b11-8+/t15-,16+,17?,18?,19?,21-/m0/s1. The minimum atomic E-state index is -0.330. The Morgan fingerprint density at radius 3 is 2.46 bits per heavy atom. The van der Waals surface area contributed by atoms with E-state index in [2.05, 4.69) is 42.4 Å². The number of rotatable bonds is 6. The Morgan fingerprint density at radius 2 is 1.88 bits per heavy atom. The zero-order chi connectivity index (χ0) is 19.1. The third-order valence-electron chi connectivity index (χ3n) is 8.08. The SMILES string of the molecule is C[C@H](/C=C/C(OP)C1(C(=O)N(C)C)CC1)C1CCC2[C@@H](C)CCC[C@]12C. The number of allylic oxidation sites excluding steroid dienone is 1. The molecule has 0 aromatic heterocycles. The van der Waals surface area contributed by atoms with Crippen molar-refractivity contribution in [2.24, 2.45) is 34.5 Å². The van der Waals surface area contributed by atoms with Crippen LogP contribution in [0.25, 0.3) is 0 Å². The Kier molecular flexibility index (Phi) is 5.91. The second-order valence-corrected chi connectivity index (χ2v) is 10.1. The van der Waals surface area contributed by atoms with Crippen molar-refractivity contribution in [1.82, 2.24) is 4.90 Å². The van der Waals surface area contributed by atoms with Crippen LogP contribution in [-0.4, -0.2) is 31.0 Å². The van der Waals surface area contributed by atoms with Gasteiger partial charge in [0.05, 0.1) is 11.5 Å². The summed E-state index contributed by atoms with van der Waals surface area (Å²) in [6.45, 7) is 7.39. The van der Waals surface area contributed by atoms with Crippen molar-refractivity contribution in [2.45, 2.75) is 71.8 Å². The monoisotopic (exact) mass is 379 g/mol. The molecule has 0 N–H and O–H groups in total. The van der Waals surface area contributed by atoms with Gasteiger partial charge in [0.2, 0.25) is 5.91 Å². The third kappa shape index (κ3) is 3.39. The Hall–Kier alpha value is -0.400. The van der Waals surface area contributed by atoms with Gasteiger partial charge in [-0.25, -0.2) is 0 Å². The lowest BCUT2D eigenvalue weighted by Gasteiger charge is -2.45. The molecule has 0 aromatic rings. The molecule has 3 nitrogen and oxygen atoms in total. The predicted octanol–water partition coefficient (Wildman–Crippen LogP) is 5.07. The van der Waals surface area contributed by atoms with Gasteiger partial charge in [-0.05, 0) is 61.2 Å². The van der Waals surface area contributed by atoms with E-state index < -0.39 is 0 Å². The lowest BCUT2D eigenvalue weighted by molar-refractivity contribution is -0.136. The van der Waals surface area contributed by atoms with Crippen LogP contribution in [0, 0.1) is 34.5 Å². The van der Waals surface area contributed by atoms with Crippen molar-refractivity contribution >= 4 is 15.4 Å². The molecule has 26 heavy (non-hydrogen) atoms. The van der Waals surface area contributed by atoms with Crippen LogP contribution in [0.3, 0.4) is 0 Å². The highest BCUT2D eigenvalue weighted by Crippen LogP contribution is 2.59. The fourth-order valence-electron chi connectivity index (χ4n) is 6.44. The summed E-state index contributed by atoms with van der Waals surface area (Å²) < 4.78 is 5.69. The van der Waals surface area contributed by atoms with Crippen molar-refractivity contribution in [3.8, 4) is 0 Å². The van der Waals surface area contributed by atoms with E-state index in [9.17, 15) is 4.79 Å². The first-order valence-electron chi connectivity index (χ1n) is 10.5. The lowest BCUT2D eigenvalue weighted by atomic mass is 9.60. The van der Waals surface area contributed by atoms with E-state index in [1.54, 1.807) is 4.90 Å². The molecule has 7 atom stereocenters. The average molecular weight is 380 g/mol. The molecule has 0 bridgehead atoms. The van der Waals surface area contributed by atoms with Crippen LogP contribution >= 0.6 is 9.47 Å². The molecular formula is C22H38NO2P. The van der Waals surface area contributed by atoms with Gasteiger partial charge < -0.3 is 9.42 Å². The summed E-state index contributed by atoms with van der Waals surface area (Å²) in [5, 5.41) is 0. The second kappa shape index (κ2) is 7.55. The summed E-state index contributed by atoms with van der Waals surface area (Å²) in [7, 11) is 6.08. The van der Waals surface area contributed by atoms with E-state index in [-0.39, 0.29) is 17.4 Å². The first-order chi connectivity index (χ1) is 12.3. The largest absolute Gasteiger partial charge is 0.357 e. The second-order valence-electron chi connectivity index (χ2n) is 9.82. The number of fused-ring (bicyclic) bond motifs is 1. The van der Waals surface area contributed by atoms with Gasteiger partial charge in [0, 0.05) is 23.6 Å². The fourth-order valence-corrected chi connectivity index (χ4v) is 6.79. The van der Waals surface area contributed by atoms with Gasteiger partial charge in [-0.1, -0.05) is 45.8 Å². The summed E-state index contributed by atoms with van der Waals surface area (Å²) in [6.07, 6.45) is 13.2. The lowest BCUT2D eigenvalue weighted by Crippen LogP contribution is -2.39. The highest BCUT2D eigenvalue weighted by molar-refractivity contribution is 7.09. The van der Waals surface area contributed by atoms with Crippen molar-refractivity contribution in [1.29, 1.82) is 0 Å². The van der Waals surface area contributed by atoms with E-state index in [0.717, 1.165) is 30.6 Å². The first-order valence-corrected chi connectivity index (χ1v) is 11.0. The molecule has 3 fully saturated rings. The molecule has 0 heterocycles. The summed E-state index contributed by atoms with van der Waals surface area (Å²) in [5.74, 6) is 3.29. The summed E-state index contributed by atoms with van der Waals surface area (Å²) in [6, 6.07) is 0. The average Bonchev–Trinajstić information content (AvgIpc) is 3.31. The van der Waals surface area contributed by atoms with Crippen molar-refractivity contribution < 1.29 is 9.32 Å². The predicted molar refractivity (Wildman–Crippen MR) is 111 cm³/mol. The Bertz CT molecular complexity index is 556. The van der Waals surface area contributed by atoms with Crippen LogP contribution < -0.4 is 0 Å². The number of amides is 1. The third-order valence-corrected chi connectivity index (χ3v) is 8.37. The zero-order valence-corrected chi connectivity index (χ0v) is 18.5. The molecule has 4 unspecified atom stereocenters. The quantitative estimate of drug-likeness (QED) is 0.476. The molecule has 3 aliphatic carbocycles. The van der Waals surface area contributed by atoms with E-state index >= 15 is 0 Å². The molecule has 3 aliphatic rings. The molecule has 4 heteroatoms. The van der Waals surface area contributed by atoms with Crippen molar-refractivity contribution in [3.63, 3.8) is 0 Å². The molecule has 0 radical (unpaired) electrons. The first kappa shape index (κ1) is 20.3. The number of nitrogens with zero attached hydrogens (tertiary/aromatic N) is 1. The normalized spacial score (nSPS) is 38.0. The Morgan fingerprint density at radius 1 is 1.19 bits per heavy atom. The molecule has 0 aliphatic heterocycles. The maximum atomic E-state index is 12.6. The number of hydrogen-bond donors (Lipinski definition) is 0. The summed E-state index contributed by atoms with van der Waals surface area (Å²) in [4.78, 5) is 14.3. The number of carbonyl (C=O) groups is 1. The Balaban J connectivity index is 1.71. The molecule has 3 saturated carbocycles. The highest BCUT2D eigenvalue weighted by Gasteiger charge is 2.56. The van der Waals surface area contributed by atoms with Gasteiger partial charge >= 0.3 is 0 Å². The molecule has 1 amide bonds. The van der Waals surface area contributed by atoms with Crippen LogP contribution in [0.4, 0.5) is 0 Å². The molecular weight excluding hydrogens is 341 g/mol. The topological polar surface area (TPSA) is 29.5 Å². The molecule has 0 aromatic carbocycles.